The minimum absolute atomic E-state index is 0.132. The van der Waals surface area contributed by atoms with Crippen LogP contribution in [0.4, 0.5) is 0 Å². The molecule has 0 unspecified atom stereocenters. The Labute approximate surface area is 124 Å². The Morgan fingerprint density at radius 1 is 1.48 bits per heavy atom. The van der Waals surface area contributed by atoms with Gasteiger partial charge in [0.05, 0.1) is 25.5 Å². The predicted molar refractivity (Wildman–Crippen MR) is 78.0 cm³/mol. The lowest BCUT2D eigenvalue weighted by molar-refractivity contribution is -0.120. The molecule has 114 valence electrons. The van der Waals surface area contributed by atoms with Crippen LogP contribution in [0.1, 0.15) is 0 Å². The Hall–Kier alpha value is -2.11. The molecule has 1 amide bonds. The van der Waals surface area contributed by atoms with E-state index in [-0.39, 0.29) is 19.7 Å². The molecule has 1 heterocycles. The van der Waals surface area contributed by atoms with E-state index in [4.69, 9.17) is 4.74 Å². The first-order chi connectivity index (χ1) is 9.89. The van der Waals surface area contributed by atoms with Gasteiger partial charge in [-0.15, -0.1) is 0 Å². The first-order valence-electron chi connectivity index (χ1n) is 6.06. The number of pyridine rings is 1. The fraction of sp³-hybridized carbons (Fsp3) is 0.385. The molecular weight excluding hydrogens is 294 g/mol. The Bertz CT molecular complexity index is 620. The highest BCUT2D eigenvalue weighted by Gasteiger charge is 2.14. The zero-order valence-corrected chi connectivity index (χ0v) is 12.7. The number of hydrogen-bond donors (Lipinski definition) is 1. The summed E-state index contributed by atoms with van der Waals surface area (Å²) in [6.45, 7) is 0.0876. The maximum absolute atomic E-state index is 11.4. The van der Waals surface area contributed by atoms with E-state index in [2.05, 4.69) is 22.1 Å². The van der Waals surface area contributed by atoms with Gasteiger partial charge in [-0.05, 0) is 12.1 Å². The summed E-state index contributed by atoms with van der Waals surface area (Å²) in [6.07, 6.45) is 4.25. The Kier molecular flexibility index (Phi) is 6.65. The van der Waals surface area contributed by atoms with E-state index in [1.807, 2.05) is 0 Å². The molecule has 0 bridgehead atoms. The van der Waals surface area contributed by atoms with Gasteiger partial charge in [0.25, 0.3) is 0 Å². The molecule has 0 saturated heterocycles. The molecule has 0 atom stereocenters. The standard InChI is InChI=1S/C13H17N3O4S/c1-16(21(2,18)19)11-13(17)15-8-3-4-9-20-12-6-5-7-14-10-12/h5-7,10H,8-9,11H2,1-2H3,(H,15,17). The van der Waals surface area contributed by atoms with Gasteiger partial charge in [-0.3, -0.25) is 9.78 Å². The summed E-state index contributed by atoms with van der Waals surface area (Å²) < 4.78 is 28.5. The van der Waals surface area contributed by atoms with Gasteiger partial charge in [0, 0.05) is 13.2 Å². The monoisotopic (exact) mass is 311 g/mol. The lowest BCUT2D eigenvalue weighted by atomic mass is 10.5. The molecule has 8 heteroatoms. The van der Waals surface area contributed by atoms with Crippen LogP contribution in [0.25, 0.3) is 0 Å². The van der Waals surface area contributed by atoms with Crippen LogP contribution in [0.5, 0.6) is 5.75 Å². The van der Waals surface area contributed by atoms with Crippen LogP contribution in [0.3, 0.4) is 0 Å². The summed E-state index contributed by atoms with van der Waals surface area (Å²) in [6, 6.07) is 3.51. The van der Waals surface area contributed by atoms with Gasteiger partial charge in [0.2, 0.25) is 15.9 Å². The lowest BCUT2D eigenvalue weighted by Crippen LogP contribution is -2.37. The number of likely N-dealkylation sites (N-methyl/N-ethyl adjacent to an activating group) is 1. The topological polar surface area (TPSA) is 88.6 Å². The van der Waals surface area contributed by atoms with Gasteiger partial charge in [-0.25, -0.2) is 8.42 Å². The summed E-state index contributed by atoms with van der Waals surface area (Å²) in [5.41, 5.74) is 0. The maximum Gasteiger partial charge on any atom is 0.236 e. The summed E-state index contributed by atoms with van der Waals surface area (Å²) in [5.74, 6) is 5.63. The second-order valence-corrected chi connectivity index (χ2v) is 6.22. The van der Waals surface area contributed by atoms with E-state index in [1.165, 1.54) is 7.05 Å². The van der Waals surface area contributed by atoms with Gasteiger partial charge in [0.1, 0.15) is 12.4 Å². The molecule has 0 radical (unpaired) electrons. The summed E-state index contributed by atoms with van der Waals surface area (Å²) in [4.78, 5) is 15.3. The molecular formula is C13H17N3O4S. The van der Waals surface area contributed by atoms with Crippen molar-refractivity contribution in [3.8, 4) is 17.6 Å². The second kappa shape index (κ2) is 8.24. The molecule has 0 aliphatic heterocycles. The van der Waals surface area contributed by atoms with Gasteiger partial charge >= 0.3 is 0 Å². The summed E-state index contributed by atoms with van der Waals surface area (Å²) in [7, 11) is -2.02. The second-order valence-electron chi connectivity index (χ2n) is 4.13. The smallest absolute Gasteiger partial charge is 0.236 e. The van der Waals surface area contributed by atoms with Crippen LogP contribution in [0.15, 0.2) is 24.5 Å². The predicted octanol–water partition coefficient (Wildman–Crippen LogP) is -0.529. The average molecular weight is 311 g/mol. The Balaban J connectivity index is 2.22. The molecule has 1 rings (SSSR count). The fourth-order valence-electron chi connectivity index (χ4n) is 1.18. The number of hydrogen-bond acceptors (Lipinski definition) is 5. The van der Waals surface area contributed by atoms with Crippen LogP contribution in [0, 0.1) is 11.8 Å². The first-order valence-corrected chi connectivity index (χ1v) is 7.91. The molecule has 1 N–H and O–H groups in total. The van der Waals surface area contributed by atoms with Crippen molar-refractivity contribution in [3.05, 3.63) is 24.5 Å². The van der Waals surface area contributed by atoms with Gasteiger partial charge in [-0.2, -0.15) is 4.31 Å². The summed E-state index contributed by atoms with van der Waals surface area (Å²) >= 11 is 0. The summed E-state index contributed by atoms with van der Waals surface area (Å²) in [5, 5.41) is 2.50. The zero-order chi connectivity index (χ0) is 15.7. The quantitative estimate of drug-likeness (QED) is 0.714. The highest BCUT2D eigenvalue weighted by Crippen LogP contribution is 2.04. The highest BCUT2D eigenvalue weighted by atomic mass is 32.2. The van der Waals surface area contributed by atoms with E-state index >= 15 is 0 Å². The van der Waals surface area contributed by atoms with Crippen molar-refractivity contribution in [3.63, 3.8) is 0 Å². The Morgan fingerprint density at radius 2 is 2.24 bits per heavy atom. The molecule has 0 saturated carbocycles. The average Bonchev–Trinajstić information content (AvgIpc) is 2.42. The van der Waals surface area contributed by atoms with Crippen LogP contribution in [-0.2, 0) is 14.8 Å². The van der Waals surface area contributed by atoms with Crippen LogP contribution < -0.4 is 10.1 Å². The van der Waals surface area contributed by atoms with E-state index in [0.717, 1.165) is 10.6 Å². The SMILES string of the molecule is CN(CC(=O)NCC#CCOc1cccnc1)S(C)(=O)=O. The highest BCUT2D eigenvalue weighted by molar-refractivity contribution is 7.88. The number of carbonyl (C=O) groups excluding carboxylic acids is 1. The number of nitrogens with one attached hydrogen (secondary N) is 1. The molecule has 21 heavy (non-hydrogen) atoms. The third-order valence-electron chi connectivity index (χ3n) is 2.38. The van der Waals surface area contributed by atoms with Crippen molar-refractivity contribution in [2.75, 3.05) is 33.0 Å². The number of amides is 1. The molecule has 7 nitrogen and oxygen atoms in total. The van der Waals surface area contributed by atoms with E-state index in [0.29, 0.717) is 5.75 Å². The first kappa shape index (κ1) is 16.9. The minimum Gasteiger partial charge on any atom is -0.479 e. The maximum atomic E-state index is 11.4. The van der Waals surface area contributed by atoms with Gasteiger partial charge in [0.15, 0.2) is 0 Å². The van der Waals surface area contributed by atoms with Crippen LogP contribution in [0.2, 0.25) is 0 Å². The van der Waals surface area contributed by atoms with E-state index in [9.17, 15) is 13.2 Å². The molecule has 0 fully saturated rings. The van der Waals surface area contributed by atoms with Crippen molar-refractivity contribution in [2.24, 2.45) is 0 Å². The normalized spacial score (nSPS) is 10.6. The Morgan fingerprint density at radius 3 is 2.86 bits per heavy atom. The van der Waals surface area contributed by atoms with Crippen LogP contribution >= 0.6 is 0 Å². The molecule has 0 spiro atoms. The lowest BCUT2D eigenvalue weighted by Gasteiger charge is -2.12. The molecule has 0 aromatic carbocycles. The molecule has 1 aromatic rings. The third kappa shape index (κ3) is 7.29. The number of carbonyl (C=O) groups is 1. The van der Waals surface area contributed by atoms with Gasteiger partial charge < -0.3 is 10.1 Å². The van der Waals surface area contributed by atoms with Crippen molar-refractivity contribution >= 4 is 15.9 Å². The van der Waals surface area contributed by atoms with Crippen LogP contribution in [-0.4, -0.2) is 56.6 Å². The molecule has 0 aliphatic rings. The van der Waals surface area contributed by atoms with Crippen molar-refractivity contribution in [2.45, 2.75) is 0 Å². The van der Waals surface area contributed by atoms with Crippen molar-refractivity contribution < 1.29 is 17.9 Å². The third-order valence-corrected chi connectivity index (χ3v) is 3.64. The minimum atomic E-state index is -3.36. The number of sulfonamides is 1. The van der Waals surface area contributed by atoms with Crippen molar-refractivity contribution in [1.29, 1.82) is 0 Å². The fourth-order valence-corrected chi connectivity index (χ4v) is 1.54. The largest absolute Gasteiger partial charge is 0.479 e. The van der Waals surface area contributed by atoms with Gasteiger partial charge in [-0.1, -0.05) is 11.8 Å². The number of aromatic nitrogens is 1. The van der Waals surface area contributed by atoms with E-state index < -0.39 is 15.9 Å². The number of rotatable bonds is 6. The van der Waals surface area contributed by atoms with Crippen molar-refractivity contribution in [1.82, 2.24) is 14.6 Å². The molecule has 1 aromatic heterocycles. The zero-order valence-electron chi connectivity index (χ0n) is 11.9. The van der Waals surface area contributed by atoms with E-state index in [1.54, 1.807) is 24.5 Å². The molecule has 0 aliphatic carbocycles. The number of nitrogens with zero attached hydrogens (tertiary/aromatic N) is 2. The number of ether oxygens (including phenoxy) is 1.